The van der Waals surface area contributed by atoms with Crippen LogP contribution in [0.5, 0.6) is 0 Å². The highest BCUT2D eigenvalue weighted by atomic mass is 14.9. The highest BCUT2D eigenvalue weighted by Gasteiger charge is 2.02. The van der Waals surface area contributed by atoms with Crippen molar-refractivity contribution in [3.8, 4) is 0 Å². The van der Waals surface area contributed by atoms with Gasteiger partial charge in [0.05, 0.1) is 0 Å². The Morgan fingerprint density at radius 3 is 2.46 bits per heavy atom. The first kappa shape index (κ1) is 10.1. The van der Waals surface area contributed by atoms with Crippen molar-refractivity contribution in [3.05, 3.63) is 35.6 Å². The van der Waals surface area contributed by atoms with Crippen LogP contribution in [-0.4, -0.2) is 6.04 Å². The lowest BCUT2D eigenvalue weighted by atomic mass is 10.1. The topological polar surface area (TPSA) is 12.0 Å². The maximum atomic E-state index is 3.43. The Morgan fingerprint density at radius 1 is 1.23 bits per heavy atom. The van der Waals surface area contributed by atoms with Crippen molar-refractivity contribution in [2.75, 3.05) is 0 Å². The summed E-state index contributed by atoms with van der Waals surface area (Å²) in [5.41, 5.74) is 2.56. The lowest BCUT2D eigenvalue weighted by Crippen LogP contribution is -2.21. The molecule has 0 aromatic heterocycles. The number of hydrogen-bond donors (Lipinski definition) is 1. The quantitative estimate of drug-likeness (QED) is 0.683. The first-order chi connectivity index (χ1) is 6.09. The Bertz CT molecular complexity index is 256. The van der Waals surface area contributed by atoms with Crippen molar-refractivity contribution >= 4 is 0 Å². The summed E-state index contributed by atoms with van der Waals surface area (Å²) in [4.78, 5) is 0. The van der Waals surface area contributed by atoms with Crippen molar-refractivity contribution in [1.29, 1.82) is 0 Å². The van der Waals surface area contributed by atoms with E-state index < -0.39 is 0 Å². The molecule has 0 fully saturated rings. The summed E-state index contributed by atoms with van der Waals surface area (Å²) in [7, 11) is 0. The second kappa shape index (κ2) is 4.31. The molecule has 1 aliphatic rings. The predicted molar refractivity (Wildman–Crippen MR) is 58.4 cm³/mol. The van der Waals surface area contributed by atoms with Crippen LogP contribution < -0.4 is 5.32 Å². The van der Waals surface area contributed by atoms with Gasteiger partial charge >= 0.3 is 0 Å². The molecule has 0 heterocycles. The Morgan fingerprint density at radius 2 is 1.85 bits per heavy atom. The van der Waals surface area contributed by atoms with Crippen LogP contribution in [0.4, 0.5) is 0 Å². The van der Waals surface area contributed by atoms with Gasteiger partial charge in [-0.3, -0.25) is 0 Å². The lowest BCUT2D eigenvalue weighted by molar-refractivity contribution is 0.677. The van der Waals surface area contributed by atoms with E-state index in [9.17, 15) is 0 Å². The molecule has 0 radical (unpaired) electrons. The third kappa shape index (κ3) is 3.10. The molecule has 0 amide bonds. The number of rotatable bonds is 2. The van der Waals surface area contributed by atoms with Gasteiger partial charge in [-0.05, 0) is 38.3 Å². The first-order valence-electron chi connectivity index (χ1n) is 4.93. The molecule has 1 nitrogen and oxygen atoms in total. The van der Waals surface area contributed by atoms with Crippen molar-refractivity contribution in [1.82, 2.24) is 5.32 Å². The van der Waals surface area contributed by atoms with Gasteiger partial charge in [-0.1, -0.05) is 25.2 Å². The minimum Gasteiger partial charge on any atom is -0.383 e. The van der Waals surface area contributed by atoms with E-state index in [2.05, 4.69) is 57.3 Å². The van der Waals surface area contributed by atoms with Gasteiger partial charge < -0.3 is 5.32 Å². The number of hydrogen-bond acceptors (Lipinski definition) is 1. The maximum absolute atomic E-state index is 3.43. The van der Waals surface area contributed by atoms with E-state index in [0.29, 0.717) is 12.0 Å². The summed E-state index contributed by atoms with van der Waals surface area (Å²) in [5, 5.41) is 3.43. The number of nitrogens with one attached hydrogen (secondary N) is 1. The fraction of sp³-hybridized carbons (Fsp3) is 0.500. The molecular weight excluding hydrogens is 158 g/mol. The minimum atomic E-state index is 0.497. The Kier molecular flexibility index (Phi) is 3.35. The van der Waals surface area contributed by atoms with Gasteiger partial charge in [0.25, 0.3) is 0 Å². The minimum absolute atomic E-state index is 0.497. The van der Waals surface area contributed by atoms with Crippen LogP contribution in [0.1, 0.15) is 27.7 Å². The van der Waals surface area contributed by atoms with E-state index in [4.69, 9.17) is 0 Å². The molecule has 1 heteroatoms. The Hall–Kier alpha value is -0.980. The zero-order valence-corrected chi connectivity index (χ0v) is 8.96. The molecule has 0 aromatic rings. The summed E-state index contributed by atoms with van der Waals surface area (Å²) in [5.74, 6) is 0.543. The fourth-order valence-electron chi connectivity index (χ4n) is 1.30. The highest BCUT2D eigenvalue weighted by Crippen LogP contribution is 2.13. The Labute approximate surface area is 81.2 Å². The van der Waals surface area contributed by atoms with Crippen LogP contribution in [-0.2, 0) is 0 Å². The van der Waals surface area contributed by atoms with Crippen molar-refractivity contribution in [3.63, 3.8) is 0 Å². The maximum Gasteiger partial charge on any atom is 0.0368 e. The summed E-state index contributed by atoms with van der Waals surface area (Å²) in [6.07, 6.45) is 8.81. The van der Waals surface area contributed by atoms with E-state index in [1.807, 2.05) is 0 Å². The van der Waals surface area contributed by atoms with Gasteiger partial charge in [0.2, 0.25) is 0 Å². The van der Waals surface area contributed by atoms with Crippen molar-refractivity contribution < 1.29 is 0 Å². The molecule has 1 N–H and O–H groups in total. The van der Waals surface area contributed by atoms with E-state index in [1.54, 1.807) is 0 Å². The molecule has 0 aliphatic heterocycles. The summed E-state index contributed by atoms with van der Waals surface area (Å²) < 4.78 is 0. The van der Waals surface area contributed by atoms with Gasteiger partial charge in [-0.2, -0.15) is 0 Å². The standard InChI is InChI=1S/C12H19N/c1-9(2)13-12-8-6-10(3)5-7-11(12)4/h5-10,13H,1-4H3/t10-/m0/s1. The van der Waals surface area contributed by atoms with Gasteiger partial charge in [0, 0.05) is 11.7 Å². The largest absolute Gasteiger partial charge is 0.383 e. The van der Waals surface area contributed by atoms with Gasteiger partial charge in [-0.15, -0.1) is 0 Å². The normalized spacial score (nSPS) is 22.4. The van der Waals surface area contributed by atoms with E-state index in [0.717, 1.165) is 0 Å². The SMILES string of the molecule is CC1=C(NC(C)C)C=C[C@@H](C)C=C1. The van der Waals surface area contributed by atoms with Gasteiger partial charge in [0.15, 0.2) is 0 Å². The van der Waals surface area contributed by atoms with E-state index >= 15 is 0 Å². The summed E-state index contributed by atoms with van der Waals surface area (Å²) >= 11 is 0. The number of allylic oxidation sites excluding steroid dienone is 5. The average Bonchev–Trinajstić information content (AvgIpc) is 2.19. The highest BCUT2D eigenvalue weighted by molar-refractivity contribution is 5.34. The zero-order valence-electron chi connectivity index (χ0n) is 8.96. The molecule has 0 unspecified atom stereocenters. The van der Waals surface area contributed by atoms with Crippen molar-refractivity contribution in [2.45, 2.75) is 33.7 Å². The molecule has 72 valence electrons. The Balaban J connectivity index is 2.81. The van der Waals surface area contributed by atoms with Crippen LogP contribution in [0.25, 0.3) is 0 Å². The molecule has 0 bridgehead atoms. The van der Waals surface area contributed by atoms with Gasteiger partial charge in [0.1, 0.15) is 0 Å². The van der Waals surface area contributed by atoms with Crippen LogP contribution >= 0.6 is 0 Å². The van der Waals surface area contributed by atoms with E-state index in [-0.39, 0.29) is 0 Å². The van der Waals surface area contributed by atoms with Gasteiger partial charge in [-0.25, -0.2) is 0 Å². The van der Waals surface area contributed by atoms with Crippen LogP contribution in [0.3, 0.4) is 0 Å². The molecule has 0 aromatic carbocycles. The second-order valence-corrected chi connectivity index (χ2v) is 3.97. The van der Waals surface area contributed by atoms with Crippen LogP contribution in [0.2, 0.25) is 0 Å². The molecule has 1 atom stereocenters. The van der Waals surface area contributed by atoms with E-state index in [1.165, 1.54) is 11.3 Å². The summed E-state index contributed by atoms with van der Waals surface area (Å²) in [6.45, 7) is 8.65. The zero-order chi connectivity index (χ0) is 9.84. The molecule has 0 saturated heterocycles. The molecule has 0 saturated carbocycles. The van der Waals surface area contributed by atoms with Crippen molar-refractivity contribution in [2.24, 2.45) is 5.92 Å². The van der Waals surface area contributed by atoms with Crippen LogP contribution in [0.15, 0.2) is 35.6 Å². The summed E-state index contributed by atoms with van der Waals surface area (Å²) in [6, 6.07) is 0.497. The van der Waals surface area contributed by atoms with Crippen LogP contribution in [0, 0.1) is 5.92 Å². The smallest absolute Gasteiger partial charge is 0.0368 e. The molecule has 0 spiro atoms. The second-order valence-electron chi connectivity index (χ2n) is 3.97. The lowest BCUT2D eigenvalue weighted by Gasteiger charge is -2.12. The fourth-order valence-corrected chi connectivity index (χ4v) is 1.30. The third-order valence-electron chi connectivity index (χ3n) is 2.09. The monoisotopic (exact) mass is 177 g/mol. The molecule has 1 aliphatic carbocycles. The molecule has 1 rings (SSSR count). The molecular formula is C12H19N. The first-order valence-corrected chi connectivity index (χ1v) is 4.93. The predicted octanol–water partition coefficient (Wildman–Crippen LogP) is 3.02. The third-order valence-corrected chi connectivity index (χ3v) is 2.09. The molecule has 13 heavy (non-hydrogen) atoms. The average molecular weight is 177 g/mol.